The minimum atomic E-state index is -0.376. The zero-order chi connectivity index (χ0) is 16.8. The van der Waals surface area contributed by atoms with Crippen LogP contribution in [0.25, 0.3) is 0 Å². The summed E-state index contributed by atoms with van der Waals surface area (Å²) in [7, 11) is 0. The molecule has 1 amide bonds. The van der Waals surface area contributed by atoms with Crippen LogP contribution in [-0.2, 0) is 11.3 Å². The van der Waals surface area contributed by atoms with E-state index in [1.54, 1.807) is 0 Å². The molecule has 1 heterocycles. The van der Waals surface area contributed by atoms with Gasteiger partial charge in [0.15, 0.2) is 0 Å². The van der Waals surface area contributed by atoms with Gasteiger partial charge in [0.2, 0.25) is 12.2 Å². The molecule has 5 nitrogen and oxygen atoms in total. The molecule has 0 saturated carbocycles. The van der Waals surface area contributed by atoms with Gasteiger partial charge in [-0.15, -0.1) is 0 Å². The van der Waals surface area contributed by atoms with E-state index in [1.807, 2.05) is 61.5 Å². The second-order valence-corrected chi connectivity index (χ2v) is 5.77. The predicted molar refractivity (Wildman–Crippen MR) is 91.9 cm³/mol. The summed E-state index contributed by atoms with van der Waals surface area (Å²) in [6, 6.07) is 17.3. The predicted octanol–water partition coefficient (Wildman–Crippen LogP) is 2.47. The van der Waals surface area contributed by atoms with E-state index in [0.717, 1.165) is 30.0 Å². The molecule has 0 spiro atoms. The van der Waals surface area contributed by atoms with Gasteiger partial charge in [-0.25, -0.2) is 0 Å². The number of ether oxygens (including phenoxy) is 2. The third-order valence-electron chi connectivity index (χ3n) is 3.87. The molecule has 0 radical (unpaired) electrons. The summed E-state index contributed by atoms with van der Waals surface area (Å²) in [4.78, 5) is 11.5. The number of carbonyl (C=O) groups is 1. The molecule has 3 rings (SSSR count). The average molecular weight is 326 g/mol. The average Bonchev–Trinajstić information content (AvgIpc) is 3.00. The molecule has 126 valence electrons. The third-order valence-corrected chi connectivity index (χ3v) is 3.87. The van der Waals surface area contributed by atoms with Crippen molar-refractivity contribution < 1.29 is 14.3 Å². The second kappa shape index (κ2) is 7.84. The molecule has 1 aliphatic rings. The highest BCUT2D eigenvalue weighted by Crippen LogP contribution is 2.17. The van der Waals surface area contributed by atoms with Gasteiger partial charge in [0.25, 0.3) is 0 Å². The van der Waals surface area contributed by atoms with Gasteiger partial charge >= 0.3 is 0 Å². The Balaban J connectivity index is 1.48. The van der Waals surface area contributed by atoms with Gasteiger partial charge < -0.3 is 20.1 Å². The maximum Gasteiger partial charge on any atom is 0.238 e. The molecule has 1 aliphatic heterocycles. The van der Waals surface area contributed by atoms with E-state index >= 15 is 0 Å². The van der Waals surface area contributed by atoms with Crippen molar-refractivity contribution in [3.63, 3.8) is 0 Å². The summed E-state index contributed by atoms with van der Waals surface area (Å²) in [5.74, 6) is 1.61. The van der Waals surface area contributed by atoms with Crippen molar-refractivity contribution in [2.24, 2.45) is 0 Å². The van der Waals surface area contributed by atoms with Crippen molar-refractivity contribution in [3.8, 4) is 11.5 Å². The number of amides is 1. The number of rotatable bonds is 7. The summed E-state index contributed by atoms with van der Waals surface area (Å²) < 4.78 is 11.5. The SMILES string of the molecule is CC(Oc1ccccc1)Oc1ccc(CNC2CCNC2=O)cc1. The maximum atomic E-state index is 11.5. The van der Waals surface area contributed by atoms with Gasteiger partial charge in [0.1, 0.15) is 11.5 Å². The highest BCUT2D eigenvalue weighted by Gasteiger charge is 2.22. The number of nitrogens with one attached hydrogen (secondary N) is 2. The molecule has 5 heteroatoms. The van der Waals surface area contributed by atoms with Crippen LogP contribution in [-0.4, -0.2) is 24.8 Å². The Morgan fingerprint density at radius 2 is 1.75 bits per heavy atom. The zero-order valence-corrected chi connectivity index (χ0v) is 13.7. The van der Waals surface area contributed by atoms with E-state index in [9.17, 15) is 4.79 Å². The molecule has 2 unspecified atom stereocenters. The Labute approximate surface area is 142 Å². The van der Waals surface area contributed by atoms with Crippen molar-refractivity contribution in [1.82, 2.24) is 10.6 Å². The van der Waals surface area contributed by atoms with Crippen LogP contribution in [0, 0.1) is 0 Å². The van der Waals surface area contributed by atoms with Crippen LogP contribution in [0.15, 0.2) is 54.6 Å². The first-order valence-corrected chi connectivity index (χ1v) is 8.19. The Bertz CT molecular complexity index is 658. The highest BCUT2D eigenvalue weighted by atomic mass is 16.7. The molecule has 0 bridgehead atoms. The zero-order valence-electron chi connectivity index (χ0n) is 13.7. The Morgan fingerprint density at radius 1 is 1.08 bits per heavy atom. The molecule has 0 aromatic heterocycles. The normalized spacial score (nSPS) is 18.0. The van der Waals surface area contributed by atoms with Crippen LogP contribution in [0.4, 0.5) is 0 Å². The number of hydrogen-bond donors (Lipinski definition) is 2. The lowest BCUT2D eigenvalue weighted by atomic mass is 10.2. The van der Waals surface area contributed by atoms with Crippen molar-refractivity contribution in [1.29, 1.82) is 0 Å². The molecule has 2 aromatic carbocycles. The fourth-order valence-corrected chi connectivity index (χ4v) is 2.62. The van der Waals surface area contributed by atoms with Crippen LogP contribution in [0.2, 0.25) is 0 Å². The number of benzene rings is 2. The number of carbonyl (C=O) groups excluding carboxylic acids is 1. The lowest BCUT2D eigenvalue weighted by Crippen LogP contribution is -2.35. The van der Waals surface area contributed by atoms with Crippen LogP contribution < -0.4 is 20.1 Å². The summed E-state index contributed by atoms with van der Waals surface area (Å²) in [6.45, 7) is 3.28. The van der Waals surface area contributed by atoms with E-state index in [1.165, 1.54) is 0 Å². The fourth-order valence-electron chi connectivity index (χ4n) is 2.62. The standard InChI is InChI=1S/C19H22N2O3/c1-14(23-16-5-3-2-4-6-16)24-17-9-7-15(8-10-17)13-21-18-11-12-20-19(18)22/h2-10,14,18,21H,11-13H2,1H3,(H,20,22). The van der Waals surface area contributed by atoms with E-state index in [4.69, 9.17) is 9.47 Å². The van der Waals surface area contributed by atoms with Gasteiger partial charge in [0.05, 0.1) is 6.04 Å². The molecular weight excluding hydrogens is 304 g/mol. The molecule has 1 saturated heterocycles. The second-order valence-electron chi connectivity index (χ2n) is 5.77. The maximum absolute atomic E-state index is 11.5. The molecular formula is C19H22N2O3. The van der Waals surface area contributed by atoms with Crippen LogP contribution in [0.3, 0.4) is 0 Å². The minimum Gasteiger partial charge on any atom is -0.455 e. The highest BCUT2D eigenvalue weighted by molar-refractivity contribution is 5.83. The fraction of sp³-hybridized carbons (Fsp3) is 0.316. The Hall–Kier alpha value is -2.53. The first kappa shape index (κ1) is 16.3. The molecule has 2 aromatic rings. The first-order valence-electron chi connectivity index (χ1n) is 8.19. The van der Waals surface area contributed by atoms with Gasteiger partial charge in [-0.1, -0.05) is 30.3 Å². The van der Waals surface area contributed by atoms with Crippen molar-refractivity contribution in [2.75, 3.05) is 6.54 Å². The van der Waals surface area contributed by atoms with E-state index in [2.05, 4.69) is 10.6 Å². The quantitative estimate of drug-likeness (QED) is 0.768. The number of para-hydroxylation sites is 1. The lowest BCUT2D eigenvalue weighted by Gasteiger charge is -2.17. The van der Waals surface area contributed by atoms with E-state index in [0.29, 0.717) is 6.54 Å². The Morgan fingerprint density at radius 3 is 2.38 bits per heavy atom. The summed E-state index contributed by atoms with van der Waals surface area (Å²) in [6.07, 6.45) is 0.465. The molecule has 0 aliphatic carbocycles. The largest absolute Gasteiger partial charge is 0.455 e. The summed E-state index contributed by atoms with van der Waals surface area (Å²) >= 11 is 0. The van der Waals surface area contributed by atoms with Gasteiger partial charge in [0, 0.05) is 20.0 Å². The molecule has 2 N–H and O–H groups in total. The smallest absolute Gasteiger partial charge is 0.238 e. The van der Waals surface area contributed by atoms with E-state index < -0.39 is 0 Å². The van der Waals surface area contributed by atoms with Gasteiger partial charge in [-0.2, -0.15) is 0 Å². The monoisotopic (exact) mass is 326 g/mol. The molecule has 2 atom stereocenters. The Kier molecular flexibility index (Phi) is 5.33. The number of hydrogen-bond acceptors (Lipinski definition) is 4. The van der Waals surface area contributed by atoms with Gasteiger partial charge in [-0.05, 0) is 36.2 Å². The van der Waals surface area contributed by atoms with Crippen molar-refractivity contribution >= 4 is 5.91 Å². The van der Waals surface area contributed by atoms with Crippen molar-refractivity contribution in [2.45, 2.75) is 32.2 Å². The topological polar surface area (TPSA) is 59.6 Å². The van der Waals surface area contributed by atoms with E-state index in [-0.39, 0.29) is 18.2 Å². The molecule has 1 fully saturated rings. The third kappa shape index (κ3) is 4.49. The van der Waals surface area contributed by atoms with Gasteiger partial charge in [-0.3, -0.25) is 4.79 Å². The van der Waals surface area contributed by atoms with Crippen molar-refractivity contribution in [3.05, 3.63) is 60.2 Å². The lowest BCUT2D eigenvalue weighted by molar-refractivity contribution is -0.120. The first-order chi connectivity index (χ1) is 11.7. The minimum absolute atomic E-state index is 0.0831. The van der Waals surface area contributed by atoms with Crippen LogP contribution >= 0.6 is 0 Å². The summed E-state index contributed by atoms with van der Waals surface area (Å²) in [5.41, 5.74) is 1.11. The summed E-state index contributed by atoms with van der Waals surface area (Å²) in [5, 5.41) is 6.08. The molecule has 24 heavy (non-hydrogen) atoms. The van der Waals surface area contributed by atoms with Crippen LogP contribution in [0.1, 0.15) is 18.9 Å². The van der Waals surface area contributed by atoms with Crippen LogP contribution in [0.5, 0.6) is 11.5 Å².